The van der Waals surface area contributed by atoms with Crippen LogP contribution in [0.1, 0.15) is 26.7 Å². The van der Waals surface area contributed by atoms with Gasteiger partial charge in [0.05, 0.1) is 5.69 Å². The Hall–Kier alpha value is -1.60. The predicted molar refractivity (Wildman–Crippen MR) is 90.7 cm³/mol. The van der Waals surface area contributed by atoms with Crippen LogP contribution in [0, 0.1) is 5.92 Å². The lowest BCUT2D eigenvalue weighted by molar-refractivity contribution is -0.136. The van der Waals surface area contributed by atoms with Crippen LogP contribution in [0.25, 0.3) is 0 Å². The molecule has 23 heavy (non-hydrogen) atoms. The zero-order valence-electron chi connectivity index (χ0n) is 13.7. The molecule has 0 spiro atoms. The number of primary sulfonamides is 1. The second-order valence-corrected chi connectivity index (χ2v) is 7.37. The minimum atomic E-state index is -3.76. The van der Waals surface area contributed by atoms with Gasteiger partial charge in [0.15, 0.2) is 0 Å². The summed E-state index contributed by atoms with van der Waals surface area (Å²) in [5.74, 6) is 0.285. The topological polar surface area (TPSA) is 83.7 Å². The molecule has 2 rings (SSSR count). The maximum atomic E-state index is 12.4. The summed E-state index contributed by atoms with van der Waals surface area (Å²) in [6.07, 6.45) is 1.70. The molecule has 0 saturated carbocycles. The third-order valence-electron chi connectivity index (χ3n) is 4.44. The largest absolute Gasteiger partial charge is 0.367 e. The van der Waals surface area contributed by atoms with E-state index < -0.39 is 10.0 Å². The maximum Gasteiger partial charge on any atom is 0.240 e. The predicted octanol–water partition coefficient (Wildman–Crippen LogP) is 1.42. The summed E-state index contributed by atoms with van der Waals surface area (Å²) in [6.45, 7) is 6.49. The number of rotatable bonds is 5. The third kappa shape index (κ3) is 4.03. The summed E-state index contributed by atoms with van der Waals surface area (Å²) >= 11 is 0. The number of para-hydroxylation sites is 1. The van der Waals surface area contributed by atoms with E-state index in [1.807, 2.05) is 23.6 Å². The number of carbonyl (C=O) groups excluding carboxylic acids is 1. The molecule has 2 N–H and O–H groups in total. The number of amides is 1. The van der Waals surface area contributed by atoms with E-state index in [0.29, 0.717) is 31.9 Å². The van der Waals surface area contributed by atoms with Crippen molar-refractivity contribution in [1.29, 1.82) is 0 Å². The smallest absolute Gasteiger partial charge is 0.240 e. The fraction of sp³-hybridized carbons (Fsp3) is 0.562. The van der Waals surface area contributed by atoms with Gasteiger partial charge in [0.2, 0.25) is 15.9 Å². The van der Waals surface area contributed by atoms with Crippen LogP contribution >= 0.6 is 0 Å². The number of benzene rings is 1. The van der Waals surface area contributed by atoms with Crippen LogP contribution in [0.2, 0.25) is 0 Å². The van der Waals surface area contributed by atoms with Crippen molar-refractivity contribution in [2.24, 2.45) is 11.1 Å². The minimum absolute atomic E-state index is 0.0817. The molecule has 0 radical (unpaired) electrons. The van der Waals surface area contributed by atoms with Crippen LogP contribution in [0.3, 0.4) is 0 Å². The molecule has 1 aliphatic rings. The molecule has 1 heterocycles. The number of piperazine rings is 1. The van der Waals surface area contributed by atoms with Gasteiger partial charge in [-0.05, 0) is 25.0 Å². The quantitative estimate of drug-likeness (QED) is 0.879. The number of nitrogens with zero attached hydrogens (tertiary/aromatic N) is 2. The van der Waals surface area contributed by atoms with E-state index in [1.54, 1.807) is 18.2 Å². The highest BCUT2D eigenvalue weighted by molar-refractivity contribution is 7.89. The summed E-state index contributed by atoms with van der Waals surface area (Å²) in [5.41, 5.74) is 0.615. The molecule has 1 aliphatic heterocycles. The molecule has 1 saturated heterocycles. The van der Waals surface area contributed by atoms with Crippen LogP contribution < -0.4 is 10.0 Å². The van der Waals surface area contributed by atoms with Gasteiger partial charge >= 0.3 is 0 Å². The van der Waals surface area contributed by atoms with Gasteiger partial charge in [-0.2, -0.15) is 0 Å². The van der Waals surface area contributed by atoms with Gasteiger partial charge < -0.3 is 9.80 Å². The molecule has 1 aromatic carbocycles. The Morgan fingerprint density at radius 2 is 1.70 bits per heavy atom. The van der Waals surface area contributed by atoms with Crippen molar-refractivity contribution in [3.63, 3.8) is 0 Å². The molecule has 0 unspecified atom stereocenters. The van der Waals surface area contributed by atoms with Gasteiger partial charge in [0.1, 0.15) is 4.90 Å². The van der Waals surface area contributed by atoms with Gasteiger partial charge in [-0.1, -0.05) is 26.0 Å². The van der Waals surface area contributed by atoms with Crippen LogP contribution in [0.15, 0.2) is 29.2 Å². The van der Waals surface area contributed by atoms with E-state index in [9.17, 15) is 13.2 Å². The Bertz CT molecular complexity index is 648. The van der Waals surface area contributed by atoms with Crippen molar-refractivity contribution in [3.05, 3.63) is 24.3 Å². The Morgan fingerprint density at radius 1 is 1.13 bits per heavy atom. The number of hydrogen-bond donors (Lipinski definition) is 1. The van der Waals surface area contributed by atoms with E-state index in [-0.39, 0.29) is 16.7 Å². The van der Waals surface area contributed by atoms with Crippen molar-refractivity contribution in [2.75, 3.05) is 31.1 Å². The Kier molecular flexibility index (Phi) is 5.64. The lowest BCUT2D eigenvalue weighted by Crippen LogP contribution is -2.50. The molecule has 0 atom stereocenters. The van der Waals surface area contributed by atoms with Crippen LogP contribution in [-0.4, -0.2) is 45.4 Å². The molecule has 7 heteroatoms. The second-order valence-electron chi connectivity index (χ2n) is 5.84. The first-order valence-corrected chi connectivity index (χ1v) is 9.58. The molecule has 1 fully saturated rings. The van der Waals surface area contributed by atoms with E-state index in [0.717, 1.165) is 12.8 Å². The standard InChI is InChI=1S/C16H25N3O3S/c1-3-13(4-2)16(20)19-11-9-18(10-12-19)14-7-5-6-8-15(14)23(17,21)22/h5-8,13H,3-4,9-12H2,1-2H3,(H2,17,21,22). The second kappa shape index (κ2) is 7.31. The summed E-state index contributed by atoms with van der Waals surface area (Å²) in [6, 6.07) is 6.74. The molecule has 0 aromatic heterocycles. The van der Waals surface area contributed by atoms with Gasteiger partial charge in [0, 0.05) is 32.1 Å². The van der Waals surface area contributed by atoms with Gasteiger partial charge in [-0.25, -0.2) is 13.6 Å². The Balaban J connectivity index is 2.10. The van der Waals surface area contributed by atoms with Crippen molar-refractivity contribution in [3.8, 4) is 0 Å². The molecule has 128 valence electrons. The average molecular weight is 339 g/mol. The summed E-state index contributed by atoms with van der Waals surface area (Å²) < 4.78 is 23.4. The van der Waals surface area contributed by atoms with E-state index in [1.165, 1.54) is 6.07 Å². The molecule has 0 aliphatic carbocycles. The molecular weight excluding hydrogens is 314 g/mol. The maximum absolute atomic E-state index is 12.4. The van der Waals surface area contributed by atoms with E-state index >= 15 is 0 Å². The monoisotopic (exact) mass is 339 g/mol. The summed E-state index contributed by atoms with van der Waals surface area (Å²) in [5, 5.41) is 5.30. The first-order valence-electron chi connectivity index (χ1n) is 8.04. The zero-order chi connectivity index (χ0) is 17.0. The normalized spacial score (nSPS) is 16.0. The van der Waals surface area contributed by atoms with Gasteiger partial charge in [-0.15, -0.1) is 0 Å². The first kappa shape index (κ1) is 17.7. The zero-order valence-corrected chi connectivity index (χ0v) is 14.6. The number of carbonyl (C=O) groups is 1. The first-order chi connectivity index (χ1) is 10.9. The SMILES string of the molecule is CCC(CC)C(=O)N1CCN(c2ccccc2S(N)(=O)=O)CC1. The van der Waals surface area contributed by atoms with Crippen LogP contribution in [0.4, 0.5) is 5.69 Å². The minimum Gasteiger partial charge on any atom is -0.367 e. The van der Waals surface area contributed by atoms with Gasteiger partial charge in [0.25, 0.3) is 0 Å². The molecule has 0 bridgehead atoms. The molecule has 1 aromatic rings. The Morgan fingerprint density at radius 3 is 2.22 bits per heavy atom. The highest BCUT2D eigenvalue weighted by Gasteiger charge is 2.27. The summed E-state index contributed by atoms with van der Waals surface area (Å²) in [7, 11) is -3.76. The van der Waals surface area contributed by atoms with E-state index in [4.69, 9.17) is 5.14 Å². The van der Waals surface area contributed by atoms with Crippen LogP contribution in [-0.2, 0) is 14.8 Å². The summed E-state index contributed by atoms with van der Waals surface area (Å²) in [4.78, 5) is 16.4. The highest BCUT2D eigenvalue weighted by Crippen LogP contribution is 2.25. The molecule has 1 amide bonds. The number of nitrogens with two attached hydrogens (primary N) is 1. The molecular formula is C16H25N3O3S. The lowest BCUT2D eigenvalue weighted by atomic mass is 10.0. The number of hydrogen-bond acceptors (Lipinski definition) is 4. The average Bonchev–Trinajstić information content (AvgIpc) is 2.55. The lowest BCUT2D eigenvalue weighted by Gasteiger charge is -2.38. The third-order valence-corrected chi connectivity index (χ3v) is 5.40. The van der Waals surface area contributed by atoms with Crippen molar-refractivity contribution >= 4 is 21.6 Å². The number of anilines is 1. The molecule has 6 nitrogen and oxygen atoms in total. The van der Waals surface area contributed by atoms with Gasteiger partial charge in [-0.3, -0.25) is 4.79 Å². The fourth-order valence-electron chi connectivity index (χ4n) is 3.02. The fourth-order valence-corrected chi connectivity index (χ4v) is 3.78. The van der Waals surface area contributed by atoms with Crippen molar-refractivity contribution < 1.29 is 13.2 Å². The van der Waals surface area contributed by atoms with Crippen LogP contribution in [0.5, 0.6) is 0 Å². The van der Waals surface area contributed by atoms with Crippen molar-refractivity contribution in [1.82, 2.24) is 4.90 Å². The Labute approximate surface area is 138 Å². The van der Waals surface area contributed by atoms with Crippen molar-refractivity contribution in [2.45, 2.75) is 31.6 Å². The highest BCUT2D eigenvalue weighted by atomic mass is 32.2. The van der Waals surface area contributed by atoms with E-state index in [2.05, 4.69) is 0 Å². The number of sulfonamides is 1.